The number of carbonyl (C=O) groups is 2. The minimum Gasteiger partial charge on any atom is -0.497 e. The number of amides is 2. The van der Waals surface area contributed by atoms with Crippen LogP contribution in [0.15, 0.2) is 71.8 Å². The zero-order valence-electron chi connectivity index (χ0n) is 18.9. The molecular weight excluding hydrogens is 489 g/mol. The molecule has 1 aliphatic heterocycles. The highest BCUT2D eigenvalue weighted by atomic mass is 35.5. The second-order valence-electron chi connectivity index (χ2n) is 7.93. The van der Waals surface area contributed by atoms with Crippen molar-refractivity contribution < 1.29 is 19.1 Å². The van der Waals surface area contributed by atoms with Crippen molar-refractivity contribution in [1.29, 1.82) is 0 Å². The highest BCUT2D eigenvalue weighted by Gasteiger charge is 2.35. The van der Waals surface area contributed by atoms with E-state index in [0.717, 1.165) is 16.8 Å². The highest BCUT2D eigenvalue weighted by Crippen LogP contribution is 2.27. The summed E-state index contributed by atoms with van der Waals surface area (Å²) < 4.78 is 10.9. The Hall–Kier alpha value is -3.55. The smallest absolute Gasteiger partial charge is 0.245 e. The van der Waals surface area contributed by atoms with E-state index >= 15 is 0 Å². The monoisotopic (exact) mass is 511 g/mol. The van der Waals surface area contributed by atoms with Crippen molar-refractivity contribution in [2.24, 2.45) is 11.0 Å². The van der Waals surface area contributed by atoms with Crippen LogP contribution in [0.2, 0.25) is 10.0 Å². The van der Waals surface area contributed by atoms with Gasteiger partial charge in [0.1, 0.15) is 18.1 Å². The minimum absolute atomic E-state index is 0.102. The SMILES string of the molecule is COc1ccc(N2C[C@@H](C(=O)N/N=C/c3ccc(OCc4ccc(Cl)cc4Cl)cc3)CC2=O)cc1. The molecule has 0 bridgehead atoms. The third-order valence-electron chi connectivity index (χ3n) is 5.56. The summed E-state index contributed by atoms with van der Waals surface area (Å²) in [6.07, 6.45) is 1.67. The van der Waals surface area contributed by atoms with Crippen molar-refractivity contribution in [2.45, 2.75) is 13.0 Å². The minimum atomic E-state index is -0.475. The molecule has 3 aromatic carbocycles. The summed E-state index contributed by atoms with van der Waals surface area (Å²) in [7, 11) is 1.58. The van der Waals surface area contributed by atoms with Gasteiger partial charge in [-0.2, -0.15) is 5.10 Å². The third-order valence-corrected chi connectivity index (χ3v) is 6.14. The number of hydrazone groups is 1. The van der Waals surface area contributed by atoms with Crippen LogP contribution in [0.1, 0.15) is 17.5 Å². The molecule has 9 heteroatoms. The van der Waals surface area contributed by atoms with Crippen LogP contribution in [0.25, 0.3) is 0 Å². The van der Waals surface area contributed by atoms with Crippen molar-refractivity contribution in [2.75, 3.05) is 18.6 Å². The first kappa shape index (κ1) is 24.6. The molecule has 0 unspecified atom stereocenters. The molecule has 2 amide bonds. The average molecular weight is 512 g/mol. The molecule has 180 valence electrons. The van der Waals surface area contributed by atoms with E-state index in [-0.39, 0.29) is 18.2 Å². The highest BCUT2D eigenvalue weighted by molar-refractivity contribution is 6.35. The number of nitrogens with one attached hydrogen (secondary N) is 1. The van der Waals surface area contributed by atoms with Gasteiger partial charge in [-0.05, 0) is 66.2 Å². The van der Waals surface area contributed by atoms with Crippen molar-refractivity contribution in [3.63, 3.8) is 0 Å². The van der Waals surface area contributed by atoms with E-state index in [1.165, 1.54) is 6.21 Å². The first-order valence-corrected chi connectivity index (χ1v) is 11.6. The van der Waals surface area contributed by atoms with Crippen molar-refractivity contribution in [1.82, 2.24) is 5.43 Å². The summed E-state index contributed by atoms with van der Waals surface area (Å²) in [5.41, 5.74) is 4.88. The number of rotatable bonds is 8. The number of halogens is 2. The number of benzene rings is 3. The van der Waals surface area contributed by atoms with Crippen LogP contribution in [-0.2, 0) is 16.2 Å². The normalized spacial score (nSPS) is 15.5. The lowest BCUT2D eigenvalue weighted by molar-refractivity contribution is -0.126. The van der Waals surface area contributed by atoms with Gasteiger partial charge in [-0.1, -0.05) is 29.3 Å². The zero-order valence-corrected chi connectivity index (χ0v) is 20.4. The van der Waals surface area contributed by atoms with E-state index in [1.807, 2.05) is 18.2 Å². The van der Waals surface area contributed by atoms with Gasteiger partial charge in [0.2, 0.25) is 11.8 Å². The lowest BCUT2D eigenvalue weighted by Crippen LogP contribution is -2.30. The molecule has 4 rings (SSSR count). The maximum absolute atomic E-state index is 12.5. The molecule has 0 radical (unpaired) electrons. The molecule has 35 heavy (non-hydrogen) atoms. The lowest BCUT2D eigenvalue weighted by Gasteiger charge is -2.16. The maximum Gasteiger partial charge on any atom is 0.245 e. The molecule has 1 atom stereocenters. The summed E-state index contributed by atoms with van der Waals surface area (Å²) in [6.45, 7) is 0.614. The Balaban J connectivity index is 1.27. The predicted molar refractivity (Wildman–Crippen MR) is 136 cm³/mol. The largest absolute Gasteiger partial charge is 0.497 e. The molecule has 1 fully saturated rings. The Labute approximate surface area is 213 Å². The second-order valence-corrected chi connectivity index (χ2v) is 8.77. The quantitative estimate of drug-likeness (QED) is 0.337. The van der Waals surface area contributed by atoms with Crippen LogP contribution in [0, 0.1) is 5.92 Å². The van der Waals surface area contributed by atoms with Gasteiger partial charge < -0.3 is 14.4 Å². The van der Waals surface area contributed by atoms with E-state index in [1.54, 1.807) is 60.5 Å². The van der Waals surface area contributed by atoms with Gasteiger partial charge >= 0.3 is 0 Å². The van der Waals surface area contributed by atoms with Crippen LogP contribution in [0.4, 0.5) is 5.69 Å². The van der Waals surface area contributed by atoms with Gasteiger partial charge in [0, 0.05) is 34.3 Å². The number of hydrogen-bond acceptors (Lipinski definition) is 5. The number of ether oxygens (including phenoxy) is 2. The molecule has 1 heterocycles. The molecule has 1 aliphatic rings. The molecule has 3 aromatic rings. The summed E-state index contributed by atoms with van der Waals surface area (Å²) in [6, 6.07) is 19.7. The van der Waals surface area contributed by atoms with Gasteiger partial charge in [-0.25, -0.2) is 5.43 Å². The number of anilines is 1. The molecular formula is C26H23Cl2N3O4. The van der Waals surface area contributed by atoms with Gasteiger partial charge in [0.15, 0.2) is 0 Å². The second kappa shape index (κ2) is 11.3. The molecule has 1 N–H and O–H groups in total. The van der Waals surface area contributed by atoms with Crippen LogP contribution in [0.5, 0.6) is 11.5 Å². The first-order valence-electron chi connectivity index (χ1n) is 10.9. The number of nitrogens with zero attached hydrogens (tertiary/aromatic N) is 2. The fraction of sp³-hybridized carbons (Fsp3) is 0.192. The zero-order chi connectivity index (χ0) is 24.8. The molecule has 7 nitrogen and oxygen atoms in total. The molecule has 0 aromatic heterocycles. The van der Waals surface area contributed by atoms with Crippen LogP contribution >= 0.6 is 23.2 Å². The molecule has 0 aliphatic carbocycles. The van der Waals surface area contributed by atoms with Gasteiger partial charge in [-0.3, -0.25) is 9.59 Å². The van der Waals surface area contributed by atoms with E-state index in [9.17, 15) is 9.59 Å². The topological polar surface area (TPSA) is 80.2 Å². The Morgan fingerprint density at radius 2 is 1.80 bits per heavy atom. The Morgan fingerprint density at radius 1 is 1.09 bits per heavy atom. The molecule has 0 spiro atoms. The summed E-state index contributed by atoms with van der Waals surface area (Å²) in [4.78, 5) is 26.5. The summed E-state index contributed by atoms with van der Waals surface area (Å²) in [5.74, 6) is 0.493. The summed E-state index contributed by atoms with van der Waals surface area (Å²) in [5, 5.41) is 5.15. The number of carbonyl (C=O) groups excluding carboxylic acids is 2. The van der Waals surface area contributed by atoms with Gasteiger partial charge in [0.05, 0.1) is 19.2 Å². The van der Waals surface area contributed by atoms with Gasteiger partial charge in [0.25, 0.3) is 0 Å². The standard InChI is InChI=1S/C26H23Cl2N3O4/c1-34-22-10-6-21(7-11-22)31-15-19(12-25(31)32)26(33)30-29-14-17-2-8-23(9-3-17)35-16-18-4-5-20(27)13-24(18)28/h2-11,13-14,19H,12,15-16H2,1H3,(H,30,33)/b29-14+/t19-/m0/s1. The predicted octanol–water partition coefficient (Wildman–Crippen LogP) is 5.08. The fourth-order valence-electron chi connectivity index (χ4n) is 3.61. The first-order chi connectivity index (χ1) is 16.9. The maximum atomic E-state index is 12.5. The van der Waals surface area contributed by atoms with Crippen LogP contribution in [-0.4, -0.2) is 31.7 Å². The van der Waals surface area contributed by atoms with E-state index in [4.69, 9.17) is 32.7 Å². The number of hydrogen-bond donors (Lipinski definition) is 1. The van der Waals surface area contributed by atoms with Gasteiger partial charge in [-0.15, -0.1) is 0 Å². The van der Waals surface area contributed by atoms with E-state index in [0.29, 0.717) is 34.7 Å². The summed E-state index contributed by atoms with van der Waals surface area (Å²) >= 11 is 12.1. The number of methoxy groups -OCH3 is 1. The van der Waals surface area contributed by atoms with Crippen molar-refractivity contribution >= 4 is 46.9 Å². The van der Waals surface area contributed by atoms with Crippen LogP contribution < -0.4 is 19.8 Å². The Morgan fingerprint density at radius 3 is 2.49 bits per heavy atom. The molecule has 1 saturated heterocycles. The van der Waals surface area contributed by atoms with E-state index < -0.39 is 5.92 Å². The average Bonchev–Trinajstić information content (AvgIpc) is 3.26. The lowest BCUT2D eigenvalue weighted by atomic mass is 10.1. The Kier molecular flexibility index (Phi) is 7.90. The Bertz CT molecular complexity index is 1230. The van der Waals surface area contributed by atoms with E-state index in [2.05, 4.69) is 10.5 Å². The van der Waals surface area contributed by atoms with Crippen LogP contribution in [0.3, 0.4) is 0 Å². The van der Waals surface area contributed by atoms with Crippen molar-refractivity contribution in [3.8, 4) is 11.5 Å². The third kappa shape index (κ3) is 6.32. The fourth-order valence-corrected chi connectivity index (χ4v) is 4.07. The van der Waals surface area contributed by atoms with Crippen molar-refractivity contribution in [3.05, 3.63) is 87.9 Å². The molecule has 0 saturated carbocycles.